The molecule has 1 aromatic carbocycles. The van der Waals surface area contributed by atoms with Crippen LogP contribution in [0.4, 0.5) is 10.5 Å². The van der Waals surface area contributed by atoms with E-state index in [2.05, 4.69) is 15.4 Å². The minimum atomic E-state index is -1.14. The minimum absolute atomic E-state index is 0.0173. The summed E-state index contributed by atoms with van der Waals surface area (Å²) in [6.07, 6.45) is 0. The number of carbonyl (C=O) groups is 3. The lowest BCUT2D eigenvalue weighted by Gasteiger charge is -2.12. The monoisotopic (exact) mass is 280 g/mol. The number of carboxylic acid groups (broad SMARTS) is 1. The van der Waals surface area contributed by atoms with Crippen LogP contribution in [0.2, 0.25) is 0 Å². The zero-order valence-electron chi connectivity index (χ0n) is 11.2. The molecule has 0 radical (unpaired) electrons. The molecule has 0 unspecified atom stereocenters. The van der Waals surface area contributed by atoms with Crippen LogP contribution in [-0.4, -0.2) is 36.2 Å². The zero-order chi connectivity index (χ0) is 15.1. The molecule has 0 heterocycles. The summed E-state index contributed by atoms with van der Waals surface area (Å²) in [5, 5.41) is 13.8. The fourth-order valence-electron chi connectivity index (χ4n) is 1.53. The third-order valence-electron chi connectivity index (χ3n) is 2.44. The molecule has 7 nitrogen and oxygen atoms in total. The van der Waals surface area contributed by atoms with E-state index in [-0.39, 0.29) is 24.4 Å². The van der Waals surface area contributed by atoms with E-state index >= 15 is 0 Å². The van der Waals surface area contributed by atoms with Gasteiger partial charge in [-0.05, 0) is 25.5 Å². The Balaban J connectivity index is 2.71. The average Bonchev–Trinajstić information content (AvgIpc) is 2.39. The van der Waals surface area contributed by atoms with Gasteiger partial charge in [0.25, 0.3) is 0 Å². The Kier molecular flexibility index (Phi) is 5.52. The molecular weight excluding hydrogens is 264 g/mol. The lowest BCUT2D eigenvalue weighted by atomic mass is 10.1. The molecule has 2 amide bonds. The fraction of sp³-hybridized carbons (Fsp3) is 0.308. The molecule has 1 aromatic rings. The van der Waals surface area contributed by atoms with Crippen LogP contribution in [0.5, 0.6) is 0 Å². The second-order valence-corrected chi connectivity index (χ2v) is 3.92. The standard InChI is InChI=1S/C13H16N2O5/c1-3-20-10(16)7-14-13(19)15-11-8(2)5-4-6-9(11)12(17)18/h4-6H,3,7H2,1-2H3,(H,17,18)(H2,14,15,19). The number of hydrogen-bond acceptors (Lipinski definition) is 4. The van der Waals surface area contributed by atoms with Gasteiger partial charge < -0.3 is 20.5 Å². The second kappa shape index (κ2) is 7.13. The second-order valence-electron chi connectivity index (χ2n) is 3.92. The summed E-state index contributed by atoms with van der Waals surface area (Å²) >= 11 is 0. The van der Waals surface area contributed by atoms with Crippen LogP contribution in [0.1, 0.15) is 22.8 Å². The van der Waals surface area contributed by atoms with Crippen molar-refractivity contribution in [3.05, 3.63) is 29.3 Å². The molecule has 0 saturated carbocycles. The molecule has 0 atom stereocenters. The van der Waals surface area contributed by atoms with Crippen LogP contribution < -0.4 is 10.6 Å². The Hall–Kier alpha value is -2.57. The van der Waals surface area contributed by atoms with Gasteiger partial charge >= 0.3 is 18.0 Å². The van der Waals surface area contributed by atoms with Gasteiger partial charge in [-0.2, -0.15) is 0 Å². The highest BCUT2D eigenvalue weighted by atomic mass is 16.5. The van der Waals surface area contributed by atoms with Crippen LogP contribution in [0.3, 0.4) is 0 Å². The van der Waals surface area contributed by atoms with Crippen LogP contribution in [0.25, 0.3) is 0 Å². The highest BCUT2D eigenvalue weighted by molar-refractivity contribution is 6.01. The number of rotatable bonds is 5. The van der Waals surface area contributed by atoms with Gasteiger partial charge in [0, 0.05) is 0 Å². The van der Waals surface area contributed by atoms with E-state index in [1.807, 2.05) is 0 Å². The summed E-state index contributed by atoms with van der Waals surface area (Å²) in [6, 6.07) is 3.97. The number of esters is 1. The van der Waals surface area contributed by atoms with Crippen molar-refractivity contribution in [1.29, 1.82) is 0 Å². The smallest absolute Gasteiger partial charge is 0.337 e. The average molecular weight is 280 g/mol. The molecule has 7 heteroatoms. The number of anilines is 1. The Morgan fingerprint density at radius 2 is 2.00 bits per heavy atom. The van der Waals surface area contributed by atoms with Crippen molar-refractivity contribution >= 4 is 23.7 Å². The molecule has 108 valence electrons. The van der Waals surface area contributed by atoms with Crippen LogP contribution in [0.15, 0.2) is 18.2 Å². The lowest BCUT2D eigenvalue weighted by Crippen LogP contribution is -2.34. The van der Waals surface area contributed by atoms with E-state index < -0.39 is 18.0 Å². The Bertz CT molecular complexity index is 527. The lowest BCUT2D eigenvalue weighted by molar-refractivity contribution is -0.141. The molecule has 3 N–H and O–H groups in total. The number of benzene rings is 1. The molecule has 20 heavy (non-hydrogen) atoms. The number of para-hydroxylation sites is 1. The fourth-order valence-corrected chi connectivity index (χ4v) is 1.53. The number of hydrogen-bond donors (Lipinski definition) is 3. The molecule has 0 spiro atoms. The van der Waals surface area contributed by atoms with E-state index in [1.54, 1.807) is 26.0 Å². The minimum Gasteiger partial charge on any atom is -0.478 e. The molecule has 1 rings (SSSR count). The first kappa shape index (κ1) is 15.5. The number of aromatic carboxylic acids is 1. The van der Waals surface area contributed by atoms with Gasteiger partial charge in [-0.25, -0.2) is 9.59 Å². The first-order valence-electron chi connectivity index (χ1n) is 5.99. The van der Waals surface area contributed by atoms with Crippen molar-refractivity contribution in [2.24, 2.45) is 0 Å². The largest absolute Gasteiger partial charge is 0.478 e. The summed E-state index contributed by atoms with van der Waals surface area (Å²) in [5.74, 6) is -1.71. The maximum Gasteiger partial charge on any atom is 0.337 e. The summed E-state index contributed by atoms with van der Waals surface area (Å²) < 4.78 is 4.65. The normalized spacial score (nSPS) is 9.70. The Morgan fingerprint density at radius 1 is 1.30 bits per heavy atom. The van der Waals surface area contributed by atoms with Gasteiger partial charge in [-0.15, -0.1) is 0 Å². The number of carboxylic acids is 1. The van der Waals surface area contributed by atoms with E-state index in [0.29, 0.717) is 5.56 Å². The quantitative estimate of drug-likeness (QED) is 0.707. The summed E-state index contributed by atoms with van der Waals surface area (Å²) in [7, 11) is 0. The van der Waals surface area contributed by atoms with E-state index in [1.165, 1.54) is 6.07 Å². The summed E-state index contributed by atoms with van der Waals surface area (Å²) in [5.41, 5.74) is 0.786. The van der Waals surface area contributed by atoms with Gasteiger partial charge in [-0.3, -0.25) is 4.79 Å². The number of nitrogens with one attached hydrogen (secondary N) is 2. The van der Waals surface area contributed by atoms with Crippen LogP contribution >= 0.6 is 0 Å². The van der Waals surface area contributed by atoms with Crippen LogP contribution in [-0.2, 0) is 9.53 Å². The highest BCUT2D eigenvalue weighted by Crippen LogP contribution is 2.20. The molecule has 0 aromatic heterocycles. The summed E-state index contributed by atoms with van der Waals surface area (Å²) in [4.78, 5) is 33.8. The Morgan fingerprint density at radius 3 is 2.60 bits per heavy atom. The van der Waals surface area contributed by atoms with E-state index in [9.17, 15) is 14.4 Å². The maximum atomic E-state index is 11.6. The molecular formula is C13H16N2O5. The third kappa shape index (κ3) is 4.27. The first-order chi connectivity index (χ1) is 9.45. The van der Waals surface area contributed by atoms with Crippen molar-refractivity contribution < 1.29 is 24.2 Å². The van der Waals surface area contributed by atoms with Crippen molar-refractivity contribution in [2.75, 3.05) is 18.5 Å². The molecule has 0 aliphatic rings. The Labute approximate surface area is 115 Å². The van der Waals surface area contributed by atoms with Gasteiger partial charge in [0.1, 0.15) is 6.54 Å². The van der Waals surface area contributed by atoms with E-state index in [4.69, 9.17) is 5.11 Å². The van der Waals surface area contributed by atoms with Gasteiger partial charge in [0.15, 0.2) is 0 Å². The molecule has 0 aliphatic carbocycles. The SMILES string of the molecule is CCOC(=O)CNC(=O)Nc1c(C)cccc1C(=O)O. The number of urea groups is 1. The predicted octanol–water partition coefficient (Wildman–Crippen LogP) is 1.38. The number of aryl methyl sites for hydroxylation is 1. The molecule has 0 saturated heterocycles. The van der Waals surface area contributed by atoms with Gasteiger partial charge in [0.2, 0.25) is 0 Å². The molecule has 0 aliphatic heterocycles. The maximum absolute atomic E-state index is 11.6. The zero-order valence-corrected chi connectivity index (χ0v) is 11.2. The van der Waals surface area contributed by atoms with E-state index in [0.717, 1.165) is 0 Å². The van der Waals surface area contributed by atoms with Crippen molar-refractivity contribution in [3.8, 4) is 0 Å². The summed E-state index contributed by atoms with van der Waals surface area (Å²) in [6.45, 7) is 3.27. The number of amides is 2. The predicted molar refractivity (Wildman–Crippen MR) is 71.8 cm³/mol. The topological polar surface area (TPSA) is 105 Å². The van der Waals surface area contributed by atoms with Crippen LogP contribution in [0, 0.1) is 6.92 Å². The van der Waals surface area contributed by atoms with Crippen molar-refractivity contribution in [1.82, 2.24) is 5.32 Å². The first-order valence-corrected chi connectivity index (χ1v) is 5.99. The molecule has 0 fully saturated rings. The molecule has 0 bridgehead atoms. The van der Waals surface area contributed by atoms with Crippen molar-refractivity contribution in [3.63, 3.8) is 0 Å². The van der Waals surface area contributed by atoms with Crippen molar-refractivity contribution in [2.45, 2.75) is 13.8 Å². The van der Waals surface area contributed by atoms with Gasteiger partial charge in [-0.1, -0.05) is 12.1 Å². The van der Waals surface area contributed by atoms with Gasteiger partial charge in [0.05, 0.1) is 17.9 Å². The number of carbonyl (C=O) groups excluding carboxylic acids is 2. The number of ether oxygens (including phenoxy) is 1. The highest BCUT2D eigenvalue weighted by Gasteiger charge is 2.14. The third-order valence-corrected chi connectivity index (χ3v) is 2.44.